The molecule has 74 valence electrons. The van der Waals surface area contributed by atoms with Crippen molar-refractivity contribution in [3.8, 4) is 5.75 Å². The van der Waals surface area contributed by atoms with Crippen LogP contribution in [-0.4, -0.2) is 35.7 Å². The van der Waals surface area contributed by atoms with Crippen molar-refractivity contribution in [3.63, 3.8) is 0 Å². The summed E-state index contributed by atoms with van der Waals surface area (Å²) in [5.74, 6) is 0.283. The maximum atomic E-state index is 9.40. The average molecular weight is 294 g/mol. The average Bonchev–Trinajstić information content (AvgIpc) is 1.91. The van der Waals surface area contributed by atoms with Crippen LogP contribution in [0.25, 0.3) is 0 Å². The molecule has 0 aromatic carbocycles. The highest BCUT2D eigenvalue weighted by Crippen LogP contribution is 2.15. The van der Waals surface area contributed by atoms with Crippen LogP contribution in [0.5, 0.6) is 5.75 Å². The lowest BCUT2D eigenvalue weighted by atomic mass is 10.3. The fraction of sp³-hybridized carbons (Fsp3) is 0.444. The van der Waals surface area contributed by atoms with Crippen LogP contribution in [0.1, 0.15) is 5.69 Å². The summed E-state index contributed by atoms with van der Waals surface area (Å²) in [6.45, 7) is 0.743. The van der Waals surface area contributed by atoms with Crippen LogP contribution in [0.2, 0.25) is 0 Å². The van der Waals surface area contributed by atoms with E-state index in [1.54, 1.807) is 18.3 Å². The van der Waals surface area contributed by atoms with Crippen molar-refractivity contribution in [3.05, 3.63) is 24.0 Å². The lowest BCUT2D eigenvalue weighted by Crippen LogP contribution is -3.00. The maximum absolute atomic E-state index is 9.40. The molecule has 13 heavy (non-hydrogen) atoms. The molecule has 1 heterocycles. The van der Waals surface area contributed by atoms with Crippen molar-refractivity contribution >= 4 is 0 Å². The molecule has 4 heteroatoms. The second-order valence-corrected chi connectivity index (χ2v) is 3.92. The first-order valence-electron chi connectivity index (χ1n) is 3.92. The van der Waals surface area contributed by atoms with Gasteiger partial charge in [-0.15, -0.1) is 0 Å². The summed E-state index contributed by atoms with van der Waals surface area (Å²) in [6, 6.07) is 3.40. The molecule has 1 aromatic rings. The van der Waals surface area contributed by atoms with E-state index in [0.717, 1.165) is 16.7 Å². The third kappa shape index (κ3) is 4.42. The van der Waals surface area contributed by atoms with Gasteiger partial charge in [0.15, 0.2) is 0 Å². The number of quaternary nitrogens is 1. The molecule has 1 aromatic heterocycles. The molecular weight excluding hydrogens is 279 g/mol. The topological polar surface area (TPSA) is 33.1 Å². The first-order chi connectivity index (χ1) is 5.49. The predicted molar refractivity (Wildman–Crippen MR) is 47.6 cm³/mol. The molecular formula is C9H15IN2O. The molecule has 1 N–H and O–H groups in total. The molecule has 0 saturated heterocycles. The predicted octanol–water partition coefficient (Wildman–Crippen LogP) is -2.00. The lowest BCUT2D eigenvalue weighted by Gasteiger charge is -2.23. The molecule has 0 fully saturated rings. The van der Waals surface area contributed by atoms with Gasteiger partial charge in [0.1, 0.15) is 18.0 Å². The third-order valence-corrected chi connectivity index (χ3v) is 1.49. The van der Waals surface area contributed by atoms with Crippen LogP contribution in [-0.2, 0) is 6.54 Å². The van der Waals surface area contributed by atoms with E-state index < -0.39 is 0 Å². The number of aromatic nitrogens is 1. The van der Waals surface area contributed by atoms with E-state index in [0.29, 0.717) is 0 Å². The molecule has 0 atom stereocenters. The fourth-order valence-electron chi connectivity index (χ4n) is 1.00. The first-order valence-corrected chi connectivity index (χ1v) is 3.92. The van der Waals surface area contributed by atoms with E-state index in [1.807, 2.05) is 0 Å². The molecule has 0 aliphatic carbocycles. The summed E-state index contributed by atoms with van der Waals surface area (Å²) in [5.41, 5.74) is 0.755. The zero-order chi connectivity index (χ0) is 9.19. The van der Waals surface area contributed by atoms with Gasteiger partial charge in [0.25, 0.3) is 0 Å². The van der Waals surface area contributed by atoms with Crippen molar-refractivity contribution in [2.75, 3.05) is 21.1 Å². The van der Waals surface area contributed by atoms with E-state index in [1.165, 1.54) is 0 Å². The molecule has 0 spiro atoms. The number of aromatic hydroxyl groups is 1. The van der Waals surface area contributed by atoms with Crippen molar-refractivity contribution in [1.29, 1.82) is 0 Å². The molecule has 0 unspecified atom stereocenters. The van der Waals surface area contributed by atoms with Crippen LogP contribution in [0.4, 0.5) is 0 Å². The van der Waals surface area contributed by atoms with E-state index in [-0.39, 0.29) is 29.7 Å². The molecule has 3 nitrogen and oxygen atoms in total. The molecule has 0 saturated carbocycles. The molecule has 0 amide bonds. The highest BCUT2D eigenvalue weighted by molar-refractivity contribution is 5.23. The number of rotatable bonds is 2. The number of hydrogen-bond donors (Lipinski definition) is 1. The quantitative estimate of drug-likeness (QED) is 0.505. The molecule has 0 bridgehead atoms. The van der Waals surface area contributed by atoms with Gasteiger partial charge < -0.3 is 33.6 Å². The van der Waals surface area contributed by atoms with Gasteiger partial charge in [-0.25, -0.2) is 0 Å². The van der Waals surface area contributed by atoms with Crippen molar-refractivity contribution in [2.24, 2.45) is 0 Å². The Morgan fingerprint density at radius 3 is 2.46 bits per heavy atom. The lowest BCUT2D eigenvalue weighted by molar-refractivity contribution is -0.884. The van der Waals surface area contributed by atoms with E-state index in [9.17, 15) is 5.11 Å². The van der Waals surface area contributed by atoms with Crippen LogP contribution < -0.4 is 24.0 Å². The Morgan fingerprint density at radius 1 is 1.38 bits per heavy atom. The Labute approximate surface area is 96.0 Å². The number of pyridine rings is 1. The largest absolute Gasteiger partial charge is 1.00 e. The van der Waals surface area contributed by atoms with E-state index in [4.69, 9.17) is 0 Å². The second kappa shape index (κ2) is 4.76. The molecule has 0 aliphatic heterocycles. The van der Waals surface area contributed by atoms with Gasteiger partial charge in [-0.3, -0.25) is 4.98 Å². The summed E-state index contributed by atoms with van der Waals surface area (Å²) in [7, 11) is 6.19. The van der Waals surface area contributed by atoms with Gasteiger partial charge in [0.2, 0.25) is 0 Å². The van der Waals surface area contributed by atoms with Gasteiger partial charge >= 0.3 is 0 Å². The number of hydrogen-bond acceptors (Lipinski definition) is 2. The molecule has 1 rings (SSSR count). The van der Waals surface area contributed by atoms with E-state index >= 15 is 0 Å². The smallest absolute Gasteiger partial charge is 0.142 e. The van der Waals surface area contributed by atoms with Crippen molar-refractivity contribution in [2.45, 2.75) is 6.54 Å². The highest BCUT2D eigenvalue weighted by Gasteiger charge is 2.12. The minimum atomic E-state index is 0. The van der Waals surface area contributed by atoms with Crippen molar-refractivity contribution < 1.29 is 33.6 Å². The molecule has 0 aliphatic rings. The van der Waals surface area contributed by atoms with Gasteiger partial charge in [0.05, 0.1) is 21.1 Å². The van der Waals surface area contributed by atoms with Gasteiger partial charge in [-0.05, 0) is 12.1 Å². The number of halogens is 1. The normalized spacial score (nSPS) is 10.7. The fourth-order valence-corrected chi connectivity index (χ4v) is 1.00. The van der Waals surface area contributed by atoms with Crippen LogP contribution in [0.3, 0.4) is 0 Å². The van der Waals surface area contributed by atoms with Gasteiger partial charge in [0, 0.05) is 6.20 Å². The summed E-state index contributed by atoms with van der Waals surface area (Å²) < 4.78 is 0.768. The van der Waals surface area contributed by atoms with E-state index in [2.05, 4.69) is 26.1 Å². The minimum Gasteiger partial charge on any atom is -1.00 e. The Hall–Kier alpha value is -0.360. The minimum absolute atomic E-state index is 0. The standard InChI is InChI=1S/C9H14N2O.HI/c1-11(2,3)7-8-9(12)5-4-6-10-8;/h4-6H,7H2,1-3H3;1H. The zero-order valence-electron chi connectivity index (χ0n) is 8.16. The van der Waals surface area contributed by atoms with Crippen molar-refractivity contribution in [1.82, 2.24) is 4.98 Å². The summed E-state index contributed by atoms with van der Waals surface area (Å²) in [4.78, 5) is 4.10. The number of nitrogens with zero attached hydrogens (tertiary/aromatic N) is 2. The third-order valence-electron chi connectivity index (χ3n) is 1.49. The van der Waals surface area contributed by atoms with Gasteiger partial charge in [-0.1, -0.05) is 0 Å². The second-order valence-electron chi connectivity index (χ2n) is 3.92. The Balaban J connectivity index is 0.00000144. The Bertz CT molecular complexity index is 271. The van der Waals surface area contributed by atoms with Gasteiger partial charge in [-0.2, -0.15) is 0 Å². The molecule has 0 radical (unpaired) electrons. The SMILES string of the molecule is C[N+](C)(C)Cc1ncccc1O.[I-]. The summed E-state index contributed by atoms with van der Waals surface area (Å²) in [6.07, 6.45) is 1.70. The summed E-state index contributed by atoms with van der Waals surface area (Å²) >= 11 is 0. The Kier molecular flexibility index (Phi) is 4.63. The van der Waals surface area contributed by atoms with Crippen LogP contribution in [0.15, 0.2) is 18.3 Å². The van der Waals surface area contributed by atoms with Crippen LogP contribution in [0, 0.1) is 0 Å². The first kappa shape index (κ1) is 12.6. The van der Waals surface area contributed by atoms with Crippen LogP contribution >= 0.6 is 0 Å². The highest BCUT2D eigenvalue weighted by atomic mass is 127. The Morgan fingerprint density at radius 2 is 2.00 bits per heavy atom. The summed E-state index contributed by atoms with van der Waals surface area (Å²) in [5, 5.41) is 9.40. The maximum Gasteiger partial charge on any atom is 0.142 e. The zero-order valence-corrected chi connectivity index (χ0v) is 10.3. The monoisotopic (exact) mass is 294 g/mol.